The Labute approximate surface area is 329 Å². The van der Waals surface area contributed by atoms with Gasteiger partial charge in [0.25, 0.3) is 0 Å². The lowest BCUT2D eigenvalue weighted by molar-refractivity contribution is 0.660. The van der Waals surface area contributed by atoms with Gasteiger partial charge in [-0.15, -0.1) is 0 Å². The van der Waals surface area contributed by atoms with Crippen LogP contribution in [0.15, 0.2) is 212 Å². The Balaban J connectivity index is 1.13. The standard InChI is InChI=1S/C55H41N/c1-55(2)53-23-12-11-21-50(53)51-35-33-46(37-54(51)55)56(44-30-28-43(29-31-44)48-22-13-19-40-18-9-10-20-47(40)48)45-32-34-49(52(36-45)41-16-7-4-8-17-41)42-26-24-39(25-27-42)38-14-5-3-6-15-38/h3-37H,1-2H3. The summed E-state index contributed by atoms with van der Waals surface area (Å²) < 4.78 is 0. The lowest BCUT2D eigenvalue weighted by Crippen LogP contribution is -2.16. The van der Waals surface area contributed by atoms with Gasteiger partial charge in [-0.2, -0.15) is 0 Å². The van der Waals surface area contributed by atoms with Crippen LogP contribution in [0, 0.1) is 0 Å². The van der Waals surface area contributed by atoms with Crippen molar-refractivity contribution in [2.24, 2.45) is 0 Å². The Hall–Kier alpha value is -6.96. The second kappa shape index (κ2) is 13.7. The van der Waals surface area contributed by atoms with Gasteiger partial charge in [0.1, 0.15) is 0 Å². The topological polar surface area (TPSA) is 3.24 Å². The molecule has 0 aromatic heterocycles. The quantitative estimate of drug-likeness (QED) is 0.159. The lowest BCUT2D eigenvalue weighted by Gasteiger charge is -2.29. The Morgan fingerprint density at radius 3 is 1.55 bits per heavy atom. The summed E-state index contributed by atoms with van der Waals surface area (Å²) >= 11 is 0. The lowest BCUT2D eigenvalue weighted by atomic mass is 9.82. The normalized spacial score (nSPS) is 12.6. The Morgan fingerprint density at radius 1 is 0.304 bits per heavy atom. The van der Waals surface area contributed by atoms with Crippen molar-refractivity contribution in [3.63, 3.8) is 0 Å². The van der Waals surface area contributed by atoms with Crippen molar-refractivity contribution in [3.8, 4) is 55.6 Å². The molecule has 0 N–H and O–H groups in total. The van der Waals surface area contributed by atoms with Gasteiger partial charge >= 0.3 is 0 Å². The van der Waals surface area contributed by atoms with Crippen molar-refractivity contribution in [2.45, 2.75) is 19.3 Å². The monoisotopic (exact) mass is 715 g/mol. The van der Waals surface area contributed by atoms with Crippen molar-refractivity contribution < 1.29 is 0 Å². The number of hydrogen-bond donors (Lipinski definition) is 0. The van der Waals surface area contributed by atoms with E-state index in [0.717, 1.165) is 17.1 Å². The summed E-state index contributed by atoms with van der Waals surface area (Å²) in [7, 11) is 0. The van der Waals surface area contributed by atoms with E-state index in [9.17, 15) is 0 Å². The van der Waals surface area contributed by atoms with Gasteiger partial charge in [-0.05, 0) is 114 Å². The summed E-state index contributed by atoms with van der Waals surface area (Å²) in [5.74, 6) is 0. The predicted molar refractivity (Wildman–Crippen MR) is 238 cm³/mol. The first kappa shape index (κ1) is 33.6. The molecule has 0 saturated carbocycles. The van der Waals surface area contributed by atoms with E-state index < -0.39 is 0 Å². The predicted octanol–water partition coefficient (Wildman–Crippen LogP) is 15.3. The highest BCUT2D eigenvalue weighted by Gasteiger charge is 2.35. The Morgan fingerprint density at radius 2 is 0.786 bits per heavy atom. The van der Waals surface area contributed by atoms with Crippen LogP contribution in [0.25, 0.3) is 66.4 Å². The van der Waals surface area contributed by atoms with E-state index in [1.807, 2.05) is 0 Å². The van der Waals surface area contributed by atoms with Crippen LogP contribution in [0.2, 0.25) is 0 Å². The molecule has 10 rings (SSSR count). The van der Waals surface area contributed by atoms with Gasteiger partial charge in [0.05, 0.1) is 0 Å². The first-order valence-electron chi connectivity index (χ1n) is 19.5. The van der Waals surface area contributed by atoms with Crippen LogP contribution in [0.5, 0.6) is 0 Å². The zero-order valence-electron chi connectivity index (χ0n) is 31.7. The van der Waals surface area contributed by atoms with Crippen molar-refractivity contribution in [3.05, 3.63) is 223 Å². The minimum Gasteiger partial charge on any atom is -0.310 e. The molecule has 0 spiro atoms. The van der Waals surface area contributed by atoms with Crippen molar-refractivity contribution in [1.82, 2.24) is 0 Å². The van der Waals surface area contributed by atoms with Crippen LogP contribution in [0.3, 0.4) is 0 Å². The molecule has 0 aliphatic heterocycles. The molecular weight excluding hydrogens is 675 g/mol. The van der Waals surface area contributed by atoms with E-state index in [0.29, 0.717) is 0 Å². The Kier molecular flexibility index (Phi) is 8.23. The van der Waals surface area contributed by atoms with Gasteiger partial charge in [0.2, 0.25) is 0 Å². The van der Waals surface area contributed by atoms with E-state index in [4.69, 9.17) is 0 Å². The fourth-order valence-electron chi connectivity index (χ4n) is 8.80. The summed E-state index contributed by atoms with van der Waals surface area (Å²) in [4.78, 5) is 2.43. The molecule has 0 heterocycles. The molecule has 1 aliphatic carbocycles. The number of benzene rings is 9. The highest BCUT2D eigenvalue weighted by atomic mass is 15.1. The van der Waals surface area contributed by atoms with Gasteiger partial charge in [-0.1, -0.05) is 190 Å². The maximum atomic E-state index is 2.43. The molecule has 9 aromatic carbocycles. The van der Waals surface area contributed by atoms with Crippen LogP contribution in [0.1, 0.15) is 25.0 Å². The first-order valence-corrected chi connectivity index (χ1v) is 19.5. The zero-order valence-corrected chi connectivity index (χ0v) is 31.7. The van der Waals surface area contributed by atoms with Crippen molar-refractivity contribution in [1.29, 1.82) is 0 Å². The average molecular weight is 716 g/mol. The summed E-state index contributed by atoms with van der Waals surface area (Å²) in [5.41, 5.74) is 18.3. The Bertz CT molecular complexity index is 2840. The molecule has 1 nitrogen and oxygen atoms in total. The van der Waals surface area contributed by atoms with Crippen LogP contribution in [0.4, 0.5) is 17.1 Å². The molecule has 0 radical (unpaired) electrons. The number of anilines is 3. The molecule has 266 valence electrons. The number of nitrogens with zero attached hydrogens (tertiary/aromatic N) is 1. The third-order valence-corrected chi connectivity index (χ3v) is 11.7. The molecule has 9 aromatic rings. The maximum absolute atomic E-state index is 2.43. The van der Waals surface area contributed by atoms with E-state index in [1.165, 1.54) is 77.5 Å². The molecule has 0 fully saturated rings. The van der Waals surface area contributed by atoms with Gasteiger partial charge in [0.15, 0.2) is 0 Å². The third kappa shape index (κ3) is 5.81. The number of fused-ring (bicyclic) bond motifs is 4. The van der Waals surface area contributed by atoms with Gasteiger partial charge in [-0.3, -0.25) is 0 Å². The second-order valence-corrected chi connectivity index (χ2v) is 15.3. The average Bonchev–Trinajstić information content (AvgIpc) is 3.50. The fourth-order valence-corrected chi connectivity index (χ4v) is 8.80. The van der Waals surface area contributed by atoms with Crippen LogP contribution in [-0.4, -0.2) is 0 Å². The van der Waals surface area contributed by atoms with Gasteiger partial charge in [0, 0.05) is 22.5 Å². The fraction of sp³-hybridized carbons (Fsp3) is 0.0545. The highest BCUT2D eigenvalue weighted by molar-refractivity contribution is 5.97. The largest absolute Gasteiger partial charge is 0.310 e. The van der Waals surface area contributed by atoms with Crippen LogP contribution in [-0.2, 0) is 5.41 Å². The van der Waals surface area contributed by atoms with E-state index in [2.05, 4.69) is 231 Å². The molecular formula is C55H41N. The SMILES string of the molecule is CC1(C)c2ccccc2-c2ccc(N(c3ccc(-c4cccc5ccccc45)cc3)c3ccc(-c4ccc(-c5ccccc5)cc4)c(-c4ccccc4)c3)cc21. The smallest absolute Gasteiger partial charge is 0.0468 e. The van der Waals surface area contributed by atoms with Gasteiger partial charge < -0.3 is 4.90 Å². The van der Waals surface area contributed by atoms with Crippen molar-refractivity contribution >= 4 is 27.8 Å². The van der Waals surface area contributed by atoms with Crippen LogP contribution < -0.4 is 4.90 Å². The maximum Gasteiger partial charge on any atom is 0.0468 e. The van der Waals surface area contributed by atoms with Crippen LogP contribution >= 0.6 is 0 Å². The minimum absolute atomic E-state index is 0.114. The minimum atomic E-state index is -0.114. The summed E-state index contributed by atoms with van der Waals surface area (Å²) in [6.07, 6.45) is 0. The molecule has 0 unspecified atom stereocenters. The number of hydrogen-bond acceptors (Lipinski definition) is 1. The third-order valence-electron chi connectivity index (χ3n) is 11.7. The molecule has 0 atom stereocenters. The van der Waals surface area contributed by atoms with E-state index >= 15 is 0 Å². The molecule has 1 heteroatoms. The highest BCUT2D eigenvalue weighted by Crippen LogP contribution is 2.51. The van der Waals surface area contributed by atoms with E-state index in [-0.39, 0.29) is 5.41 Å². The van der Waals surface area contributed by atoms with E-state index in [1.54, 1.807) is 0 Å². The zero-order chi connectivity index (χ0) is 37.6. The summed E-state index contributed by atoms with van der Waals surface area (Å²) in [5, 5.41) is 2.51. The second-order valence-electron chi connectivity index (χ2n) is 15.3. The van der Waals surface area contributed by atoms with Crippen molar-refractivity contribution in [2.75, 3.05) is 4.90 Å². The molecule has 0 saturated heterocycles. The molecule has 0 bridgehead atoms. The molecule has 1 aliphatic rings. The van der Waals surface area contributed by atoms with Gasteiger partial charge in [-0.25, -0.2) is 0 Å². The number of rotatable bonds is 7. The first-order chi connectivity index (χ1) is 27.5. The molecule has 56 heavy (non-hydrogen) atoms. The summed E-state index contributed by atoms with van der Waals surface area (Å²) in [6.45, 7) is 4.71. The summed E-state index contributed by atoms with van der Waals surface area (Å²) in [6, 6.07) is 77.6. The molecule has 0 amide bonds.